The molecule has 0 spiro atoms. The Balaban J connectivity index is 1.80. The summed E-state index contributed by atoms with van der Waals surface area (Å²) in [5.74, 6) is 2.86. The summed E-state index contributed by atoms with van der Waals surface area (Å²) >= 11 is 0. The fourth-order valence-electron chi connectivity index (χ4n) is 4.94. The van der Waals surface area contributed by atoms with Crippen LogP contribution in [0.4, 0.5) is 0 Å². The number of pyridine rings is 1. The highest BCUT2D eigenvalue weighted by Gasteiger charge is 2.79. The zero-order valence-corrected chi connectivity index (χ0v) is 15.1. The standard InChI is InChI=1S/C19H26N3O2/c1-11(2)15-9-23-17-13-7-6-8-14-18-22(16(10-24-18)12(3)4)19(5,20(13)14)21(15)17/h6-8,11-12,15-16H,9-10H2,1-5H3/q+3/t15-,16-/m1/s1. The second kappa shape index (κ2) is 4.38. The van der Waals surface area contributed by atoms with Gasteiger partial charge in [0.15, 0.2) is 13.2 Å². The van der Waals surface area contributed by atoms with Crippen molar-refractivity contribution in [1.82, 2.24) is 0 Å². The predicted molar refractivity (Wildman–Crippen MR) is 88.2 cm³/mol. The van der Waals surface area contributed by atoms with Crippen molar-refractivity contribution in [3.05, 3.63) is 29.6 Å². The average Bonchev–Trinajstić information content (AvgIpc) is 3.24. The van der Waals surface area contributed by atoms with E-state index in [4.69, 9.17) is 9.47 Å². The maximum absolute atomic E-state index is 6.19. The van der Waals surface area contributed by atoms with Crippen molar-refractivity contribution in [1.29, 1.82) is 0 Å². The second-order valence-electron chi connectivity index (χ2n) is 8.20. The van der Waals surface area contributed by atoms with Gasteiger partial charge in [-0.05, 0) is 10.6 Å². The number of fused-ring (bicyclic) bond motifs is 4. The number of ether oxygens (including phenoxy) is 2. The summed E-state index contributed by atoms with van der Waals surface area (Å²) < 4.78 is 19.8. The van der Waals surface area contributed by atoms with E-state index in [1.807, 2.05) is 0 Å². The number of rotatable bonds is 2. The molecule has 5 heteroatoms. The van der Waals surface area contributed by atoms with Crippen molar-refractivity contribution in [2.24, 2.45) is 11.8 Å². The van der Waals surface area contributed by atoms with Crippen LogP contribution in [0.15, 0.2) is 18.2 Å². The van der Waals surface area contributed by atoms with Gasteiger partial charge in [-0.15, -0.1) is 0 Å². The summed E-state index contributed by atoms with van der Waals surface area (Å²) in [5.41, 5.74) is 2.34. The minimum atomic E-state index is -0.270. The van der Waals surface area contributed by atoms with Crippen LogP contribution in [-0.4, -0.2) is 46.2 Å². The Kier molecular flexibility index (Phi) is 2.63. The number of hydrogen-bond acceptors (Lipinski definition) is 2. The topological polar surface area (TPSA) is 28.4 Å². The maximum Gasteiger partial charge on any atom is 0.556 e. The van der Waals surface area contributed by atoms with Gasteiger partial charge in [-0.1, -0.05) is 36.8 Å². The van der Waals surface area contributed by atoms with Crippen LogP contribution in [0.3, 0.4) is 0 Å². The van der Waals surface area contributed by atoms with Crippen LogP contribution in [0.25, 0.3) is 0 Å². The predicted octanol–water partition coefficient (Wildman–Crippen LogP) is 1.26. The molecule has 0 N–H and O–H groups in total. The molecule has 0 amide bonds. The molecule has 4 aliphatic rings. The maximum atomic E-state index is 6.19. The van der Waals surface area contributed by atoms with Gasteiger partial charge in [0.2, 0.25) is 12.1 Å². The molecule has 0 saturated heterocycles. The third kappa shape index (κ3) is 1.41. The Labute approximate surface area is 142 Å². The average molecular weight is 328 g/mol. The van der Waals surface area contributed by atoms with Crippen molar-refractivity contribution < 1.29 is 23.2 Å². The number of nitrogens with zero attached hydrogens (tertiary/aromatic N) is 3. The van der Waals surface area contributed by atoms with Gasteiger partial charge < -0.3 is 9.47 Å². The minimum Gasteiger partial charge on any atom is -0.432 e. The first-order valence-electron chi connectivity index (χ1n) is 9.10. The summed E-state index contributed by atoms with van der Waals surface area (Å²) in [6.07, 6.45) is 0. The molecule has 0 aromatic carbocycles. The SMILES string of the molecule is CC(C)[C@H]1COC2=[N+]1C1(C)[N+]3=C(OC[C@@H]3C(C)C)c3cccc2[n+]31. The molecule has 1 aromatic rings. The Morgan fingerprint density at radius 3 is 1.79 bits per heavy atom. The summed E-state index contributed by atoms with van der Waals surface area (Å²) in [6.45, 7) is 13.0. The largest absolute Gasteiger partial charge is 0.556 e. The zero-order chi connectivity index (χ0) is 16.8. The molecule has 0 aliphatic carbocycles. The van der Waals surface area contributed by atoms with Crippen molar-refractivity contribution in [2.45, 2.75) is 52.5 Å². The summed E-state index contributed by atoms with van der Waals surface area (Å²) in [7, 11) is 0. The van der Waals surface area contributed by atoms with E-state index in [1.165, 1.54) is 11.4 Å². The quantitative estimate of drug-likeness (QED) is 0.765. The third-order valence-electron chi connectivity index (χ3n) is 6.19. The first-order chi connectivity index (χ1) is 11.5. The Hall–Kier alpha value is -1.91. The molecular weight excluding hydrogens is 302 g/mol. The fraction of sp³-hybridized carbons (Fsp3) is 0.632. The molecule has 0 unspecified atom stereocenters. The Morgan fingerprint density at radius 2 is 1.38 bits per heavy atom. The monoisotopic (exact) mass is 328 g/mol. The normalized spacial score (nSPS) is 28.5. The second-order valence-corrected chi connectivity index (χ2v) is 8.20. The minimum absolute atomic E-state index is 0.270. The van der Waals surface area contributed by atoms with E-state index < -0.39 is 0 Å². The molecule has 0 fully saturated rings. The van der Waals surface area contributed by atoms with Crippen molar-refractivity contribution in [3.63, 3.8) is 0 Å². The van der Waals surface area contributed by atoms with Gasteiger partial charge in [-0.2, -0.15) is 0 Å². The molecule has 0 bridgehead atoms. The van der Waals surface area contributed by atoms with E-state index in [1.54, 1.807) is 0 Å². The van der Waals surface area contributed by atoms with E-state index in [9.17, 15) is 0 Å². The van der Waals surface area contributed by atoms with Crippen LogP contribution >= 0.6 is 0 Å². The molecule has 4 aliphatic heterocycles. The van der Waals surface area contributed by atoms with Gasteiger partial charge in [-0.25, -0.2) is 0 Å². The molecule has 126 valence electrons. The van der Waals surface area contributed by atoms with Crippen molar-refractivity contribution in [2.75, 3.05) is 13.2 Å². The molecule has 24 heavy (non-hydrogen) atoms. The number of aromatic nitrogens is 1. The molecule has 0 radical (unpaired) electrons. The highest BCUT2D eigenvalue weighted by molar-refractivity contribution is 5.92. The van der Waals surface area contributed by atoms with E-state index >= 15 is 0 Å². The van der Waals surface area contributed by atoms with Crippen LogP contribution in [0, 0.1) is 11.8 Å². The first kappa shape index (κ1) is 14.4. The van der Waals surface area contributed by atoms with Crippen LogP contribution in [-0.2, 0) is 15.3 Å². The first-order valence-corrected chi connectivity index (χ1v) is 9.10. The van der Waals surface area contributed by atoms with Crippen LogP contribution in [0.5, 0.6) is 0 Å². The third-order valence-corrected chi connectivity index (χ3v) is 6.19. The highest BCUT2D eigenvalue weighted by atomic mass is 16.5. The molecule has 0 saturated carbocycles. The lowest BCUT2D eigenvalue weighted by Crippen LogP contribution is -2.66. The lowest BCUT2D eigenvalue weighted by atomic mass is 10.0. The summed E-state index contributed by atoms with van der Waals surface area (Å²) in [5, 5.41) is 0. The lowest BCUT2D eigenvalue weighted by molar-refractivity contribution is -1.06. The van der Waals surface area contributed by atoms with Crippen LogP contribution < -0.4 is 4.57 Å². The van der Waals surface area contributed by atoms with E-state index in [-0.39, 0.29) is 5.79 Å². The molecule has 2 atom stereocenters. The Bertz CT molecular complexity index is 762. The van der Waals surface area contributed by atoms with Crippen molar-refractivity contribution >= 4 is 11.8 Å². The van der Waals surface area contributed by atoms with E-state index in [0.717, 1.165) is 25.0 Å². The Morgan fingerprint density at radius 1 is 0.917 bits per heavy atom. The van der Waals surface area contributed by atoms with Gasteiger partial charge in [0.05, 0.1) is 0 Å². The van der Waals surface area contributed by atoms with E-state index in [2.05, 4.69) is 66.5 Å². The molecule has 5 nitrogen and oxygen atoms in total. The summed E-state index contributed by atoms with van der Waals surface area (Å²) in [6, 6.07) is 7.22. The zero-order valence-electron chi connectivity index (χ0n) is 15.1. The molecule has 5 rings (SSSR count). The smallest absolute Gasteiger partial charge is 0.432 e. The van der Waals surface area contributed by atoms with Crippen molar-refractivity contribution in [3.8, 4) is 0 Å². The van der Waals surface area contributed by atoms with Crippen LogP contribution in [0.2, 0.25) is 0 Å². The van der Waals surface area contributed by atoms with Gasteiger partial charge >= 0.3 is 29.0 Å². The van der Waals surface area contributed by atoms with Gasteiger partial charge in [0.25, 0.3) is 0 Å². The van der Waals surface area contributed by atoms with Crippen LogP contribution in [0.1, 0.15) is 46.0 Å². The van der Waals surface area contributed by atoms with Gasteiger partial charge in [0.1, 0.15) is 6.92 Å². The molecule has 5 heterocycles. The van der Waals surface area contributed by atoms with E-state index in [0.29, 0.717) is 23.9 Å². The number of hydrogen-bond donors (Lipinski definition) is 0. The van der Waals surface area contributed by atoms with Gasteiger partial charge in [0, 0.05) is 24.0 Å². The molecule has 1 aromatic heterocycles. The summed E-state index contributed by atoms with van der Waals surface area (Å²) in [4.78, 5) is 0. The van der Waals surface area contributed by atoms with Gasteiger partial charge in [-0.3, -0.25) is 0 Å². The lowest BCUT2D eigenvalue weighted by Gasteiger charge is -2.20. The molecular formula is C19H26N3O2+3. The highest BCUT2D eigenvalue weighted by Crippen LogP contribution is 2.38. The fourth-order valence-corrected chi connectivity index (χ4v) is 4.94.